The zero-order valence-corrected chi connectivity index (χ0v) is 16.9. The van der Waals surface area contributed by atoms with Crippen LogP contribution in [0.15, 0.2) is 75.4 Å². The van der Waals surface area contributed by atoms with Gasteiger partial charge in [-0.2, -0.15) is 9.61 Å². The van der Waals surface area contributed by atoms with Gasteiger partial charge in [0.2, 0.25) is 5.91 Å². The largest absolute Gasteiger partial charge is 0.367 e. The van der Waals surface area contributed by atoms with Crippen LogP contribution in [-0.4, -0.2) is 25.3 Å². The number of aryl methyl sites for hydroxylation is 1. The van der Waals surface area contributed by atoms with Gasteiger partial charge in [0.1, 0.15) is 11.6 Å². The van der Waals surface area contributed by atoms with Gasteiger partial charge in [0.15, 0.2) is 5.65 Å². The molecule has 1 N–H and O–H groups in total. The number of aromatic nitrogens is 4. The highest BCUT2D eigenvalue weighted by molar-refractivity contribution is 7.99. The minimum absolute atomic E-state index is 0.242. The van der Waals surface area contributed by atoms with Crippen LogP contribution in [0.25, 0.3) is 5.65 Å². The number of rotatable bonds is 5. The monoisotopic (exact) mass is 425 g/mol. The Bertz CT molecular complexity index is 1250. The summed E-state index contributed by atoms with van der Waals surface area (Å²) in [6.07, 6.45) is 0. The van der Waals surface area contributed by atoms with Crippen molar-refractivity contribution >= 4 is 40.6 Å². The highest BCUT2D eigenvalue weighted by Crippen LogP contribution is 2.25. The van der Waals surface area contributed by atoms with Gasteiger partial charge in [-0.05, 0) is 48.9 Å². The molecule has 0 aliphatic rings. The summed E-state index contributed by atoms with van der Waals surface area (Å²) in [6.45, 7) is 1.67. The fourth-order valence-electron chi connectivity index (χ4n) is 2.71. The van der Waals surface area contributed by atoms with Crippen molar-refractivity contribution in [1.29, 1.82) is 0 Å². The van der Waals surface area contributed by atoms with E-state index in [1.54, 1.807) is 24.3 Å². The Morgan fingerprint density at radius 1 is 1.10 bits per heavy atom. The maximum Gasteiger partial charge on any atom is 0.367 e. The van der Waals surface area contributed by atoms with E-state index in [4.69, 9.17) is 11.6 Å². The summed E-state index contributed by atoms with van der Waals surface area (Å²) in [5.41, 5.74) is 1.35. The Labute approximate surface area is 175 Å². The molecule has 1 amide bonds. The topological polar surface area (TPSA) is 81.3 Å². The second kappa shape index (κ2) is 8.10. The first kappa shape index (κ1) is 19.2. The highest BCUT2D eigenvalue weighted by Gasteiger charge is 2.14. The lowest BCUT2D eigenvalue weighted by Crippen LogP contribution is -2.29. The molecule has 29 heavy (non-hydrogen) atoms. The summed E-state index contributed by atoms with van der Waals surface area (Å²) in [5, 5.41) is 12.3. The maximum atomic E-state index is 12.6. The second-order valence-corrected chi connectivity index (χ2v) is 7.83. The molecule has 9 heteroatoms. The third-order valence-electron chi connectivity index (χ3n) is 4.07. The predicted molar refractivity (Wildman–Crippen MR) is 113 cm³/mol. The van der Waals surface area contributed by atoms with Crippen molar-refractivity contribution in [2.24, 2.45) is 0 Å². The summed E-state index contributed by atoms with van der Waals surface area (Å²) in [7, 11) is 0. The van der Waals surface area contributed by atoms with Crippen molar-refractivity contribution in [3.63, 3.8) is 0 Å². The van der Waals surface area contributed by atoms with Gasteiger partial charge in [0.05, 0.1) is 10.7 Å². The Balaban J connectivity index is 1.54. The maximum absolute atomic E-state index is 12.6. The molecule has 0 aliphatic heterocycles. The van der Waals surface area contributed by atoms with Crippen LogP contribution >= 0.6 is 23.4 Å². The van der Waals surface area contributed by atoms with Gasteiger partial charge < -0.3 is 5.32 Å². The molecule has 0 spiro atoms. The molecule has 2 aromatic carbocycles. The third kappa shape index (κ3) is 4.33. The average Bonchev–Trinajstić information content (AvgIpc) is 3.00. The minimum atomic E-state index is -0.485. The molecule has 0 fully saturated rings. The number of hydrogen-bond donors (Lipinski definition) is 1. The van der Waals surface area contributed by atoms with E-state index in [1.165, 1.54) is 16.3 Å². The lowest BCUT2D eigenvalue weighted by molar-refractivity contribution is -0.117. The van der Waals surface area contributed by atoms with E-state index in [1.807, 2.05) is 43.3 Å². The molecule has 0 saturated heterocycles. The summed E-state index contributed by atoms with van der Waals surface area (Å²) >= 11 is 7.58. The number of carbonyl (C=O) groups is 1. The number of halogens is 1. The van der Waals surface area contributed by atoms with Crippen LogP contribution in [0.3, 0.4) is 0 Å². The molecule has 2 heterocycles. The molecule has 7 nitrogen and oxygen atoms in total. The van der Waals surface area contributed by atoms with Crippen LogP contribution in [-0.2, 0) is 11.3 Å². The average molecular weight is 426 g/mol. The number of benzene rings is 2. The molecule has 4 rings (SSSR count). The smallest absolute Gasteiger partial charge is 0.323 e. The van der Waals surface area contributed by atoms with E-state index in [9.17, 15) is 9.59 Å². The van der Waals surface area contributed by atoms with Crippen LogP contribution < -0.4 is 11.0 Å². The van der Waals surface area contributed by atoms with Crippen molar-refractivity contribution in [3.8, 4) is 0 Å². The van der Waals surface area contributed by atoms with E-state index < -0.39 is 11.6 Å². The van der Waals surface area contributed by atoms with E-state index in [2.05, 4.69) is 15.5 Å². The lowest BCUT2D eigenvalue weighted by atomic mass is 10.2. The summed E-state index contributed by atoms with van der Waals surface area (Å²) in [5.74, 6) is -0.403. The molecular weight excluding hydrogens is 410 g/mol. The van der Waals surface area contributed by atoms with Crippen molar-refractivity contribution < 1.29 is 4.79 Å². The van der Waals surface area contributed by atoms with Crippen LogP contribution in [0.5, 0.6) is 0 Å². The van der Waals surface area contributed by atoms with Gasteiger partial charge in [-0.25, -0.2) is 9.48 Å². The summed E-state index contributed by atoms with van der Waals surface area (Å²) in [6, 6.07) is 18.5. The Kier molecular flexibility index (Phi) is 5.37. The predicted octanol–water partition coefficient (Wildman–Crippen LogP) is 3.64. The first-order valence-electron chi connectivity index (χ1n) is 8.75. The lowest BCUT2D eigenvalue weighted by Gasteiger charge is -2.07. The van der Waals surface area contributed by atoms with Gasteiger partial charge in [-0.15, -0.1) is 5.10 Å². The van der Waals surface area contributed by atoms with Gasteiger partial charge in [-0.1, -0.05) is 47.6 Å². The number of nitrogens with zero attached hydrogens (tertiary/aromatic N) is 4. The van der Waals surface area contributed by atoms with E-state index in [-0.39, 0.29) is 6.54 Å². The number of anilines is 1. The number of hydrogen-bond acceptors (Lipinski definition) is 5. The van der Waals surface area contributed by atoms with Crippen LogP contribution in [0.4, 0.5) is 5.69 Å². The van der Waals surface area contributed by atoms with Crippen molar-refractivity contribution in [3.05, 3.63) is 81.7 Å². The molecule has 0 radical (unpaired) electrons. The minimum Gasteiger partial charge on any atom is -0.323 e. The fraction of sp³-hybridized carbons (Fsp3) is 0.100. The number of carbonyl (C=O) groups excluding carboxylic acids is 1. The first-order chi connectivity index (χ1) is 14.0. The first-order valence-corrected chi connectivity index (χ1v) is 9.95. The van der Waals surface area contributed by atoms with E-state index in [0.29, 0.717) is 21.4 Å². The molecule has 4 aromatic rings. The van der Waals surface area contributed by atoms with Crippen molar-refractivity contribution in [2.45, 2.75) is 23.4 Å². The van der Waals surface area contributed by atoms with Crippen molar-refractivity contribution in [1.82, 2.24) is 19.4 Å². The quantitative estimate of drug-likeness (QED) is 0.528. The van der Waals surface area contributed by atoms with Crippen molar-refractivity contribution in [2.75, 3.05) is 5.32 Å². The highest BCUT2D eigenvalue weighted by atomic mass is 35.5. The number of nitrogens with one attached hydrogen (secondary N) is 1. The Hall–Kier alpha value is -3.10. The third-order valence-corrected chi connectivity index (χ3v) is 5.32. The fourth-order valence-corrected chi connectivity index (χ4v) is 3.78. The zero-order chi connectivity index (χ0) is 20.4. The van der Waals surface area contributed by atoms with Gasteiger partial charge in [0, 0.05) is 4.90 Å². The molecule has 146 valence electrons. The molecule has 0 saturated carbocycles. The van der Waals surface area contributed by atoms with Crippen LogP contribution in [0.2, 0.25) is 5.02 Å². The SMILES string of the molecule is Cc1ccc(NC(=O)Cn2nc3ccc(Sc4ccccc4)nn3c2=O)c(Cl)c1. The molecular formula is C20H16ClN5O2S. The Morgan fingerprint density at radius 2 is 1.90 bits per heavy atom. The normalized spacial score (nSPS) is 11.0. The van der Waals surface area contributed by atoms with Crippen LogP contribution in [0, 0.1) is 6.92 Å². The number of fused-ring (bicyclic) bond motifs is 1. The Morgan fingerprint density at radius 3 is 2.66 bits per heavy atom. The van der Waals surface area contributed by atoms with E-state index >= 15 is 0 Å². The molecule has 0 bridgehead atoms. The standard InChI is InChI=1S/C20H16ClN5O2S/c1-13-7-8-16(15(21)11-13)22-18(27)12-25-20(28)26-17(23-25)9-10-19(24-26)29-14-5-3-2-4-6-14/h2-11H,12H2,1H3,(H,22,27). The summed E-state index contributed by atoms with van der Waals surface area (Å²) in [4.78, 5) is 26.0. The van der Waals surface area contributed by atoms with Gasteiger partial charge >= 0.3 is 5.69 Å². The van der Waals surface area contributed by atoms with E-state index in [0.717, 1.165) is 15.1 Å². The van der Waals surface area contributed by atoms with Crippen LogP contribution in [0.1, 0.15) is 5.56 Å². The zero-order valence-electron chi connectivity index (χ0n) is 15.4. The number of amides is 1. The van der Waals surface area contributed by atoms with Gasteiger partial charge in [0.25, 0.3) is 0 Å². The van der Waals surface area contributed by atoms with Gasteiger partial charge in [-0.3, -0.25) is 4.79 Å². The molecule has 0 atom stereocenters. The molecule has 2 aromatic heterocycles. The molecule has 0 aliphatic carbocycles. The molecule has 0 unspecified atom stereocenters. The second-order valence-electron chi connectivity index (χ2n) is 6.33. The summed E-state index contributed by atoms with van der Waals surface area (Å²) < 4.78 is 2.27.